The molecular formula is C41H29NO3. The summed E-state index contributed by atoms with van der Waals surface area (Å²) in [5.74, 6) is 3.98. The van der Waals surface area contributed by atoms with Crippen LogP contribution in [0.1, 0.15) is 12.5 Å². The topological polar surface area (TPSA) is 30.9 Å². The summed E-state index contributed by atoms with van der Waals surface area (Å²) < 4.78 is 13.8. The summed E-state index contributed by atoms with van der Waals surface area (Å²) in [6.45, 7) is 2.98. The van der Waals surface area contributed by atoms with E-state index in [4.69, 9.17) is 14.3 Å². The number of nitrogens with zero attached hydrogens (tertiary/aromatic N) is 1. The number of hydrogen-bond donors (Lipinski definition) is 0. The molecule has 0 radical (unpaired) electrons. The summed E-state index contributed by atoms with van der Waals surface area (Å²) in [7, 11) is 0. The van der Waals surface area contributed by atoms with Gasteiger partial charge in [-0.3, -0.25) is 0 Å². The van der Waals surface area contributed by atoms with Crippen LogP contribution in [-0.4, -0.2) is 11.6 Å². The van der Waals surface area contributed by atoms with Gasteiger partial charge in [-0.15, -0.1) is 5.06 Å². The van der Waals surface area contributed by atoms with Crippen LogP contribution in [0.3, 0.4) is 0 Å². The molecule has 3 aliphatic rings. The van der Waals surface area contributed by atoms with Crippen molar-refractivity contribution in [3.63, 3.8) is 0 Å². The van der Waals surface area contributed by atoms with Crippen molar-refractivity contribution < 1.29 is 14.3 Å². The smallest absolute Gasteiger partial charge is 0.153 e. The zero-order valence-corrected chi connectivity index (χ0v) is 24.7. The fourth-order valence-corrected chi connectivity index (χ4v) is 6.91. The first-order chi connectivity index (χ1) is 22.2. The molecule has 4 heteroatoms. The van der Waals surface area contributed by atoms with Crippen LogP contribution in [0, 0.1) is 0 Å². The van der Waals surface area contributed by atoms with Crippen molar-refractivity contribution in [2.75, 3.05) is 6.54 Å². The van der Waals surface area contributed by atoms with E-state index in [0.29, 0.717) is 0 Å². The Labute approximate surface area is 262 Å². The predicted molar refractivity (Wildman–Crippen MR) is 179 cm³/mol. The number of ether oxygens (including phenoxy) is 2. The second kappa shape index (κ2) is 9.98. The van der Waals surface area contributed by atoms with Crippen LogP contribution >= 0.6 is 0 Å². The average molecular weight is 584 g/mol. The number of benzene rings is 6. The second-order valence-corrected chi connectivity index (χ2v) is 11.9. The number of rotatable bonds is 2. The monoisotopic (exact) mass is 583 g/mol. The van der Waals surface area contributed by atoms with Crippen molar-refractivity contribution in [2.45, 2.75) is 12.5 Å². The van der Waals surface area contributed by atoms with Gasteiger partial charge in [0.1, 0.15) is 28.5 Å². The van der Waals surface area contributed by atoms with Crippen LogP contribution in [-0.2, 0) is 5.54 Å². The van der Waals surface area contributed by atoms with E-state index in [0.717, 1.165) is 79.8 Å². The zero-order chi connectivity index (χ0) is 30.0. The van der Waals surface area contributed by atoms with E-state index in [1.807, 2.05) is 47.5 Å². The van der Waals surface area contributed by atoms with E-state index in [9.17, 15) is 0 Å². The van der Waals surface area contributed by atoms with Crippen molar-refractivity contribution in [1.29, 1.82) is 0 Å². The first-order valence-corrected chi connectivity index (χ1v) is 15.3. The van der Waals surface area contributed by atoms with E-state index >= 15 is 0 Å². The fraction of sp³-hybridized carbons (Fsp3) is 0.0732. The van der Waals surface area contributed by atoms with Gasteiger partial charge in [0.2, 0.25) is 0 Å². The van der Waals surface area contributed by atoms with Crippen LogP contribution in [0.5, 0.6) is 28.7 Å². The van der Waals surface area contributed by atoms with Crippen molar-refractivity contribution in [3.05, 3.63) is 151 Å². The summed E-state index contributed by atoms with van der Waals surface area (Å²) in [5, 5.41) is 2.05. The minimum atomic E-state index is -0.322. The molecular weight excluding hydrogens is 554 g/mol. The molecule has 6 aromatic carbocycles. The van der Waals surface area contributed by atoms with Crippen LogP contribution in [0.15, 0.2) is 146 Å². The van der Waals surface area contributed by atoms with Crippen molar-refractivity contribution in [3.8, 4) is 73.3 Å². The van der Waals surface area contributed by atoms with Gasteiger partial charge in [-0.05, 0) is 71.6 Å². The van der Waals surface area contributed by atoms with E-state index in [1.165, 1.54) is 5.56 Å². The lowest BCUT2D eigenvalue weighted by Gasteiger charge is -2.26. The number of fused-ring (bicyclic) bond motifs is 9. The van der Waals surface area contributed by atoms with Crippen molar-refractivity contribution >= 4 is 0 Å². The Morgan fingerprint density at radius 1 is 0.489 bits per heavy atom. The molecule has 9 rings (SSSR count). The third kappa shape index (κ3) is 4.10. The number of para-hydroxylation sites is 2. The molecule has 0 saturated carbocycles. The average Bonchev–Trinajstić information content (AvgIpc) is 3.59. The maximum atomic E-state index is 6.93. The quantitative estimate of drug-likeness (QED) is 0.190. The lowest BCUT2D eigenvalue weighted by Crippen LogP contribution is -2.35. The van der Waals surface area contributed by atoms with Gasteiger partial charge in [0.15, 0.2) is 5.75 Å². The molecule has 0 fully saturated rings. The van der Waals surface area contributed by atoms with Gasteiger partial charge in [-0.1, -0.05) is 103 Å². The van der Waals surface area contributed by atoms with E-state index in [-0.39, 0.29) is 5.54 Å². The molecule has 0 amide bonds. The Morgan fingerprint density at radius 2 is 1.04 bits per heavy atom. The summed E-state index contributed by atoms with van der Waals surface area (Å²) in [4.78, 5) is 6.27. The molecule has 45 heavy (non-hydrogen) atoms. The fourth-order valence-electron chi connectivity index (χ4n) is 6.91. The largest absolute Gasteiger partial charge is 0.456 e. The molecule has 0 bridgehead atoms. The van der Waals surface area contributed by atoms with Crippen molar-refractivity contribution in [1.82, 2.24) is 5.06 Å². The molecule has 6 aromatic rings. The van der Waals surface area contributed by atoms with Crippen LogP contribution in [0.4, 0.5) is 0 Å². The molecule has 0 N–H and O–H groups in total. The maximum absolute atomic E-state index is 6.93. The number of hydrogen-bond acceptors (Lipinski definition) is 4. The lowest BCUT2D eigenvalue weighted by molar-refractivity contribution is -0.0759. The standard InChI is InChI=1S/C41H29NO3/c1-41-23-10-24-42(41)45-37-18-9-15-30(40(37)41)29-20-22-34-33-21-19-28(27-11-3-2-4-12-27)25-38(33)43-35-16-7-5-13-31(35)32-14-6-8-17-36(32)44-39(34)26-29/h2-23,25-26H,24H2,1H3. The summed E-state index contributed by atoms with van der Waals surface area (Å²) >= 11 is 0. The highest BCUT2D eigenvalue weighted by Gasteiger charge is 2.45. The summed E-state index contributed by atoms with van der Waals surface area (Å²) in [6.07, 6.45) is 4.41. The molecule has 1 atom stereocenters. The zero-order valence-electron chi connectivity index (χ0n) is 24.7. The molecule has 3 heterocycles. The van der Waals surface area contributed by atoms with Gasteiger partial charge in [0.05, 0.1) is 6.54 Å². The Hall–Kier alpha value is -5.58. The first-order valence-electron chi connectivity index (χ1n) is 15.3. The SMILES string of the molecule is CC12C=CCN1Oc1cccc(-c3ccc4c(c3)Oc3ccccc3-c3ccccc3Oc3cc(-c5ccccc5)ccc3-4)c12. The molecule has 0 saturated heterocycles. The molecule has 1 unspecified atom stereocenters. The second-order valence-electron chi connectivity index (χ2n) is 11.9. The summed E-state index contributed by atoms with van der Waals surface area (Å²) in [6, 6.07) is 46.0. The van der Waals surface area contributed by atoms with Crippen LogP contribution < -0.4 is 14.3 Å². The molecule has 3 aliphatic heterocycles. The van der Waals surface area contributed by atoms with Gasteiger partial charge >= 0.3 is 0 Å². The Morgan fingerprint density at radius 3 is 1.76 bits per heavy atom. The van der Waals surface area contributed by atoms with E-state index in [1.54, 1.807) is 0 Å². The van der Waals surface area contributed by atoms with Crippen LogP contribution in [0.25, 0.3) is 44.5 Å². The summed E-state index contributed by atoms with van der Waals surface area (Å²) in [5.41, 5.74) is 9.13. The minimum absolute atomic E-state index is 0.322. The Kier molecular flexibility index (Phi) is 5.74. The Balaban J connectivity index is 1.27. The Bertz CT molecular complexity index is 2150. The van der Waals surface area contributed by atoms with Gasteiger partial charge in [-0.2, -0.15) is 0 Å². The van der Waals surface area contributed by atoms with E-state index in [2.05, 4.69) is 110 Å². The van der Waals surface area contributed by atoms with Gasteiger partial charge in [-0.25, -0.2) is 0 Å². The predicted octanol–water partition coefficient (Wildman–Crippen LogP) is 10.6. The van der Waals surface area contributed by atoms with Crippen molar-refractivity contribution in [2.24, 2.45) is 0 Å². The normalized spacial score (nSPS) is 17.4. The highest BCUT2D eigenvalue weighted by Crippen LogP contribution is 2.52. The van der Waals surface area contributed by atoms with Gasteiger partial charge in [0, 0.05) is 27.8 Å². The third-order valence-corrected chi connectivity index (χ3v) is 9.15. The highest BCUT2D eigenvalue weighted by atomic mass is 16.7. The lowest BCUT2D eigenvalue weighted by atomic mass is 9.85. The van der Waals surface area contributed by atoms with Gasteiger partial charge < -0.3 is 14.3 Å². The molecule has 0 aliphatic carbocycles. The molecule has 0 spiro atoms. The minimum Gasteiger partial charge on any atom is -0.456 e. The van der Waals surface area contributed by atoms with Gasteiger partial charge in [0.25, 0.3) is 0 Å². The molecule has 216 valence electrons. The van der Waals surface area contributed by atoms with Crippen LogP contribution in [0.2, 0.25) is 0 Å². The third-order valence-electron chi connectivity index (χ3n) is 9.15. The molecule has 4 nitrogen and oxygen atoms in total. The maximum Gasteiger partial charge on any atom is 0.153 e. The number of hydroxylamine groups is 2. The molecule has 0 aromatic heterocycles. The van der Waals surface area contributed by atoms with E-state index < -0.39 is 0 Å². The highest BCUT2D eigenvalue weighted by molar-refractivity contribution is 5.86. The first kappa shape index (κ1) is 25.9.